The number of halogens is 1. The molecule has 106 valence electrons. The zero-order chi connectivity index (χ0) is 14.8. The van der Waals surface area contributed by atoms with Crippen LogP contribution in [0.4, 0.5) is 0 Å². The summed E-state index contributed by atoms with van der Waals surface area (Å²) in [7, 11) is 0. The molecule has 1 saturated heterocycles. The van der Waals surface area contributed by atoms with Crippen molar-refractivity contribution < 1.29 is 13.9 Å². The topological polar surface area (TPSA) is 79.4 Å². The van der Waals surface area contributed by atoms with Crippen LogP contribution in [0.25, 0.3) is 0 Å². The van der Waals surface area contributed by atoms with Crippen LogP contribution in [-0.4, -0.2) is 35.0 Å². The van der Waals surface area contributed by atoms with E-state index in [1.54, 1.807) is 29.2 Å². The van der Waals surface area contributed by atoms with Gasteiger partial charge in [-0.1, -0.05) is 0 Å². The maximum absolute atomic E-state index is 12.0. The molecule has 0 N–H and O–H groups in total. The number of carbonyl (C=O) groups is 1. The smallest absolute Gasteiger partial charge is 0.289 e. The first-order valence-electron chi connectivity index (χ1n) is 6.23. The average Bonchev–Trinajstić information content (AvgIpc) is 2.89. The lowest BCUT2D eigenvalue weighted by atomic mass is 10.1. The molecule has 7 heteroatoms. The maximum Gasteiger partial charge on any atom is 0.289 e. The SMILES string of the molecule is N#Cc1ccc(OC2CN(C(=O)c3ccc(Br)o3)C2)nc1. The van der Waals surface area contributed by atoms with Crippen molar-refractivity contribution in [3.63, 3.8) is 0 Å². The number of carbonyl (C=O) groups excluding carboxylic acids is 1. The number of ether oxygens (including phenoxy) is 1. The second-order valence-corrected chi connectivity index (χ2v) is 5.33. The molecule has 0 aliphatic carbocycles. The minimum absolute atomic E-state index is 0.0900. The molecule has 2 aromatic rings. The first-order valence-corrected chi connectivity index (χ1v) is 7.02. The van der Waals surface area contributed by atoms with Crippen molar-refractivity contribution in [3.05, 3.63) is 46.5 Å². The third-order valence-electron chi connectivity index (χ3n) is 3.07. The summed E-state index contributed by atoms with van der Waals surface area (Å²) >= 11 is 3.16. The quantitative estimate of drug-likeness (QED) is 0.850. The number of hydrogen-bond acceptors (Lipinski definition) is 5. The van der Waals surface area contributed by atoms with E-state index in [2.05, 4.69) is 20.9 Å². The zero-order valence-corrected chi connectivity index (χ0v) is 12.4. The van der Waals surface area contributed by atoms with E-state index in [4.69, 9.17) is 14.4 Å². The molecule has 1 aliphatic rings. The van der Waals surface area contributed by atoms with Crippen molar-refractivity contribution in [3.8, 4) is 11.9 Å². The highest BCUT2D eigenvalue weighted by Crippen LogP contribution is 2.21. The van der Waals surface area contributed by atoms with Crippen LogP contribution in [0.2, 0.25) is 0 Å². The largest absolute Gasteiger partial charge is 0.471 e. The van der Waals surface area contributed by atoms with E-state index in [1.165, 1.54) is 6.20 Å². The van der Waals surface area contributed by atoms with Crippen LogP contribution in [0.15, 0.2) is 39.5 Å². The fourth-order valence-electron chi connectivity index (χ4n) is 1.95. The summed E-state index contributed by atoms with van der Waals surface area (Å²) in [5, 5.41) is 8.69. The van der Waals surface area contributed by atoms with Crippen LogP contribution in [-0.2, 0) is 0 Å². The summed E-state index contributed by atoms with van der Waals surface area (Å²) < 4.78 is 11.4. The third kappa shape index (κ3) is 2.90. The minimum Gasteiger partial charge on any atom is -0.471 e. The van der Waals surface area contributed by atoms with Gasteiger partial charge < -0.3 is 14.1 Å². The molecule has 0 saturated carbocycles. The van der Waals surface area contributed by atoms with Crippen molar-refractivity contribution >= 4 is 21.8 Å². The van der Waals surface area contributed by atoms with Crippen LogP contribution in [0.5, 0.6) is 5.88 Å². The zero-order valence-electron chi connectivity index (χ0n) is 10.8. The number of aromatic nitrogens is 1. The molecule has 0 unspecified atom stereocenters. The third-order valence-corrected chi connectivity index (χ3v) is 3.50. The summed E-state index contributed by atoms with van der Waals surface area (Å²) in [5.74, 6) is 0.594. The predicted octanol–water partition coefficient (Wildman–Crippen LogP) is 2.21. The Morgan fingerprint density at radius 2 is 2.24 bits per heavy atom. The minimum atomic E-state index is -0.159. The van der Waals surface area contributed by atoms with Crippen molar-refractivity contribution in [1.82, 2.24) is 9.88 Å². The standard InChI is InChI=1S/C14H10BrN3O3/c15-12-3-2-11(21-12)14(19)18-7-10(8-18)20-13-4-1-9(5-16)6-17-13/h1-4,6,10H,7-8H2. The molecule has 0 radical (unpaired) electrons. The van der Waals surface area contributed by atoms with Crippen molar-refractivity contribution in [2.45, 2.75) is 6.10 Å². The predicted molar refractivity (Wildman–Crippen MR) is 75.7 cm³/mol. The fraction of sp³-hybridized carbons (Fsp3) is 0.214. The first-order chi connectivity index (χ1) is 10.2. The number of rotatable bonds is 3. The number of nitrogens with zero attached hydrogens (tertiary/aromatic N) is 3. The molecule has 0 aromatic carbocycles. The van der Waals surface area contributed by atoms with Crippen LogP contribution in [0, 0.1) is 11.3 Å². The molecule has 3 heterocycles. The monoisotopic (exact) mass is 347 g/mol. The number of likely N-dealkylation sites (tertiary alicyclic amines) is 1. The van der Waals surface area contributed by atoms with Crippen LogP contribution in [0.1, 0.15) is 16.1 Å². The van der Waals surface area contributed by atoms with Crippen molar-refractivity contribution in [1.29, 1.82) is 5.26 Å². The Morgan fingerprint density at radius 3 is 2.81 bits per heavy atom. The van der Waals surface area contributed by atoms with Gasteiger partial charge >= 0.3 is 0 Å². The van der Waals surface area contributed by atoms with E-state index >= 15 is 0 Å². The van der Waals surface area contributed by atoms with Crippen LogP contribution < -0.4 is 4.74 Å². The lowest BCUT2D eigenvalue weighted by Gasteiger charge is -2.38. The number of pyridine rings is 1. The summed E-state index contributed by atoms with van der Waals surface area (Å²) in [5.41, 5.74) is 0.483. The molecule has 0 bridgehead atoms. The highest BCUT2D eigenvalue weighted by molar-refractivity contribution is 9.10. The van der Waals surface area contributed by atoms with Gasteiger partial charge in [-0.25, -0.2) is 4.98 Å². The van der Waals surface area contributed by atoms with Crippen LogP contribution >= 0.6 is 15.9 Å². The van der Waals surface area contributed by atoms with E-state index in [0.717, 1.165) is 0 Å². The van der Waals surface area contributed by atoms with E-state index in [1.807, 2.05) is 6.07 Å². The number of amides is 1. The summed E-state index contributed by atoms with van der Waals surface area (Å²) in [6.45, 7) is 0.970. The number of nitriles is 1. The normalized spacial score (nSPS) is 14.4. The van der Waals surface area contributed by atoms with Gasteiger partial charge in [-0.2, -0.15) is 5.26 Å². The van der Waals surface area contributed by atoms with Gasteiger partial charge in [-0.15, -0.1) is 0 Å². The van der Waals surface area contributed by atoms with Gasteiger partial charge in [0, 0.05) is 12.3 Å². The maximum atomic E-state index is 12.0. The molecular formula is C14H10BrN3O3. The molecule has 0 spiro atoms. The molecule has 21 heavy (non-hydrogen) atoms. The Bertz CT molecular complexity index is 699. The Kier molecular flexibility index (Phi) is 3.62. The van der Waals surface area contributed by atoms with E-state index < -0.39 is 0 Å². The second kappa shape index (κ2) is 5.58. The molecule has 2 aromatic heterocycles. The van der Waals surface area contributed by atoms with Gasteiger partial charge in [0.1, 0.15) is 12.2 Å². The Labute approximate surface area is 129 Å². The highest BCUT2D eigenvalue weighted by Gasteiger charge is 2.34. The molecule has 3 rings (SSSR count). The summed E-state index contributed by atoms with van der Waals surface area (Å²) in [6.07, 6.45) is 1.37. The van der Waals surface area contributed by atoms with E-state index in [-0.39, 0.29) is 12.0 Å². The van der Waals surface area contributed by atoms with Crippen molar-refractivity contribution in [2.24, 2.45) is 0 Å². The molecule has 1 fully saturated rings. The van der Waals surface area contributed by atoms with E-state index in [9.17, 15) is 4.79 Å². The van der Waals surface area contributed by atoms with Gasteiger partial charge in [0.25, 0.3) is 5.91 Å². The van der Waals surface area contributed by atoms with Gasteiger partial charge in [0.2, 0.25) is 5.88 Å². The van der Waals surface area contributed by atoms with Gasteiger partial charge in [-0.3, -0.25) is 4.79 Å². The molecule has 1 amide bonds. The Hall–Kier alpha value is -2.33. The Balaban J connectivity index is 1.53. The molecule has 0 atom stereocenters. The molecular weight excluding hydrogens is 338 g/mol. The van der Waals surface area contributed by atoms with Crippen LogP contribution in [0.3, 0.4) is 0 Å². The lowest BCUT2D eigenvalue weighted by Crippen LogP contribution is -2.56. The lowest BCUT2D eigenvalue weighted by molar-refractivity contribution is 0.0137. The molecule has 1 aliphatic heterocycles. The molecule has 6 nitrogen and oxygen atoms in total. The fourth-order valence-corrected chi connectivity index (χ4v) is 2.26. The summed E-state index contributed by atoms with van der Waals surface area (Å²) in [4.78, 5) is 17.7. The van der Waals surface area contributed by atoms with Gasteiger partial charge in [0.15, 0.2) is 10.4 Å². The second-order valence-electron chi connectivity index (χ2n) is 4.55. The van der Waals surface area contributed by atoms with Crippen molar-refractivity contribution in [2.75, 3.05) is 13.1 Å². The van der Waals surface area contributed by atoms with E-state index in [0.29, 0.717) is 35.0 Å². The average molecular weight is 348 g/mol. The number of furan rings is 1. The summed E-state index contributed by atoms with van der Waals surface area (Å²) in [6, 6.07) is 8.59. The van der Waals surface area contributed by atoms with Gasteiger partial charge in [-0.05, 0) is 34.1 Å². The first kappa shape index (κ1) is 13.6. The highest BCUT2D eigenvalue weighted by atomic mass is 79.9. The Morgan fingerprint density at radius 1 is 1.43 bits per heavy atom. The van der Waals surface area contributed by atoms with Gasteiger partial charge in [0.05, 0.1) is 18.7 Å². The number of hydrogen-bond donors (Lipinski definition) is 0.